The molecule has 0 radical (unpaired) electrons. The highest BCUT2D eigenvalue weighted by Gasteiger charge is 2.42. The average molecular weight is 461 g/mol. The van der Waals surface area contributed by atoms with E-state index in [1.54, 1.807) is 26.0 Å². The monoisotopic (exact) mass is 461 g/mol. The zero-order valence-corrected chi connectivity index (χ0v) is 18.5. The number of Topliss-reactive ketones (excluding diaryl/α,β-unsaturated/α-hetero) is 1. The van der Waals surface area contributed by atoms with Crippen LogP contribution in [0.4, 0.5) is 13.2 Å². The van der Waals surface area contributed by atoms with E-state index in [2.05, 4.69) is 10.6 Å². The zero-order chi connectivity index (χ0) is 24.8. The highest BCUT2D eigenvalue weighted by Crippen LogP contribution is 2.35. The third kappa shape index (κ3) is 7.05. The van der Waals surface area contributed by atoms with E-state index in [1.807, 2.05) is 0 Å². The fourth-order valence-electron chi connectivity index (χ4n) is 3.42. The molecule has 176 valence electrons. The molecule has 0 aliphatic heterocycles. The highest BCUT2D eigenvalue weighted by molar-refractivity contribution is 5.98. The van der Waals surface area contributed by atoms with E-state index in [4.69, 9.17) is 5.26 Å². The Morgan fingerprint density at radius 2 is 1.70 bits per heavy atom. The second-order valence-electron chi connectivity index (χ2n) is 8.11. The largest absolute Gasteiger partial charge is 0.507 e. The summed E-state index contributed by atoms with van der Waals surface area (Å²) in [5, 5.41) is 23.2. The molecule has 2 rings (SSSR count). The predicted octanol–water partition coefficient (Wildman–Crippen LogP) is 4.51. The van der Waals surface area contributed by atoms with Gasteiger partial charge in [0.05, 0.1) is 17.7 Å². The van der Waals surface area contributed by atoms with Gasteiger partial charge < -0.3 is 10.4 Å². The van der Waals surface area contributed by atoms with Gasteiger partial charge in [0.1, 0.15) is 18.3 Å². The van der Waals surface area contributed by atoms with Crippen LogP contribution >= 0.6 is 0 Å². The molecule has 0 fully saturated rings. The van der Waals surface area contributed by atoms with Gasteiger partial charge in [-0.1, -0.05) is 44.2 Å². The van der Waals surface area contributed by atoms with Gasteiger partial charge in [-0.25, -0.2) is 0 Å². The smallest absolute Gasteiger partial charge is 0.407 e. The van der Waals surface area contributed by atoms with Crippen molar-refractivity contribution < 1.29 is 27.9 Å². The molecule has 0 spiro atoms. The minimum atomic E-state index is -4.67. The molecule has 0 bridgehead atoms. The number of benzene rings is 2. The fourth-order valence-corrected chi connectivity index (χ4v) is 3.42. The predicted molar refractivity (Wildman–Crippen MR) is 117 cm³/mol. The standard InChI is InChI=1S/C24H26F3N3O3/c1-14(2)12-20(23(33)29-11-10-28)30-22(24(25,26)27)17-6-4-16(5-7-17)18-8-9-21(32)19(13-18)15(3)31/h4-9,13-14,20,22,30,32H,11-12H2,1-3H3,(H,29,33)/t20-,22-/m0/s1. The van der Waals surface area contributed by atoms with E-state index in [0.29, 0.717) is 11.1 Å². The first-order valence-corrected chi connectivity index (χ1v) is 10.4. The third-order valence-electron chi connectivity index (χ3n) is 5.01. The number of carbonyl (C=O) groups excluding carboxylic acids is 2. The lowest BCUT2D eigenvalue weighted by atomic mass is 9.96. The van der Waals surface area contributed by atoms with Crippen LogP contribution in [0.15, 0.2) is 42.5 Å². The van der Waals surface area contributed by atoms with Crippen LogP contribution < -0.4 is 10.6 Å². The molecule has 0 unspecified atom stereocenters. The lowest BCUT2D eigenvalue weighted by molar-refractivity contribution is -0.161. The summed E-state index contributed by atoms with van der Waals surface area (Å²) >= 11 is 0. The summed E-state index contributed by atoms with van der Waals surface area (Å²) in [5.74, 6) is -1.23. The van der Waals surface area contributed by atoms with Crippen molar-refractivity contribution in [3.8, 4) is 22.9 Å². The molecule has 0 aromatic heterocycles. The summed E-state index contributed by atoms with van der Waals surface area (Å²) in [6, 6.07) is 8.48. The van der Waals surface area contributed by atoms with Crippen LogP contribution in [-0.2, 0) is 4.79 Å². The molecular weight excluding hydrogens is 435 g/mol. The van der Waals surface area contributed by atoms with Crippen LogP contribution in [0.3, 0.4) is 0 Å². The minimum absolute atomic E-state index is 0.0587. The van der Waals surface area contributed by atoms with Gasteiger partial charge >= 0.3 is 6.18 Å². The average Bonchev–Trinajstić information content (AvgIpc) is 2.74. The number of alkyl halides is 3. The Bertz CT molecular complexity index is 1030. The van der Waals surface area contributed by atoms with Crippen LogP contribution in [0.25, 0.3) is 11.1 Å². The highest BCUT2D eigenvalue weighted by atomic mass is 19.4. The quantitative estimate of drug-likeness (QED) is 0.377. The first kappa shape index (κ1) is 25.9. The number of hydrogen-bond donors (Lipinski definition) is 3. The molecule has 0 heterocycles. The Hall–Kier alpha value is -3.38. The van der Waals surface area contributed by atoms with Gasteiger partial charge in [0.2, 0.25) is 5.91 Å². The van der Waals surface area contributed by atoms with Gasteiger partial charge in [-0.05, 0) is 48.1 Å². The van der Waals surface area contributed by atoms with Gasteiger partial charge in [-0.3, -0.25) is 14.9 Å². The van der Waals surface area contributed by atoms with Crippen molar-refractivity contribution >= 4 is 11.7 Å². The lowest BCUT2D eigenvalue weighted by Crippen LogP contribution is -2.49. The minimum Gasteiger partial charge on any atom is -0.507 e. The van der Waals surface area contributed by atoms with Gasteiger partial charge in [-0.15, -0.1) is 0 Å². The molecule has 0 saturated heterocycles. The zero-order valence-electron chi connectivity index (χ0n) is 18.5. The first-order valence-electron chi connectivity index (χ1n) is 10.4. The second kappa shape index (κ2) is 11.0. The van der Waals surface area contributed by atoms with E-state index in [0.717, 1.165) is 0 Å². The van der Waals surface area contributed by atoms with Crippen molar-refractivity contribution in [2.75, 3.05) is 6.54 Å². The van der Waals surface area contributed by atoms with Crippen LogP contribution in [0.1, 0.15) is 49.2 Å². The molecule has 2 aromatic carbocycles. The van der Waals surface area contributed by atoms with E-state index in [1.165, 1.54) is 43.3 Å². The first-order chi connectivity index (χ1) is 15.4. The van der Waals surface area contributed by atoms with Gasteiger partial charge in [0.25, 0.3) is 0 Å². The Kier molecular flexibility index (Phi) is 8.60. The van der Waals surface area contributed by atoms with E-state index in [9.17, 15) is 27.9 Å². The summed E-state index contributed by atoms with van der Waals surface area (Å²) in [5.41, 5.74) is 1.16. The van der Waals surface area contributed by atoms with Crippen molar-refractivity contribution in [3.05, 3.63) is 53.6 Å². The number of aromatic hydroxyl groups is 1. The number of rotatable bonds is 9. The number of nitrogens with one attached hydrogen (secondary N) is 2. The maximum Gasteiger partial charge on any atom is 0.407 e. The summed E-state index contributed by atoms with van der Waals surface area (Å²) in [4.78, 5) is 24.0. The second-order valence-corrected chi connectivity index (χ2v) is 8.11. The fraction of sp³-hybridized carbons (Fsp3) is 0.375. The summed E-state index contributed by atoms with van der Waals surface area (Å²) in [6.45, 7) is 4.59. The van der Waals surface area contributed by atoms with Crippen LogP contribution in [0.2, 0.25) is 0 Å². The van der Waals surface area contributed by atoms with Gasteiger partial charge in [-0.2, -0.15) is 18.4 Å². The number of phenols is 1. The number of nitrogens with zero attached hydrogens (tertiary/aromatic N) is 1. The molecule has 3 N–H and O–H groups in total. The summed E-state index contributed by atoms with van der Waals surface area (Å²) in [7, 11) is 0. The number of halogens is 3. The van der Waals surface area contributed by atoms with Crippen LogP contribution in [0, 0.1) is 17.2 Å². The van der Waals surface area contributed by atoms with Crippen LogP contribution in [-0.4, -0.2) is 35.6 Å². The molecule has 0 saturated carbocycles. The normalized spacial score (nSPS) is 13.3. The Morgan fingerprint density at radius 3 is 2.21 bits per heavy atom. The van der Waals surface area contributed by atoms with Gasteiger partial charge in [0, 0.05) is 0 Å². The summed E-state index contributed by atoms with van der Waals surface area (Å²) in [6.07, 6.45) is -4.52. The van der Waals surface area contributed by atoms with Crippen LogP contribution in [0.5, 0.6) is 5.75 Å². The Labute approximate surface area is 190 Å². The summed E-state index contributed by atoms with van der Waals surface area (Å²) < 4.78 is 41.8. The maximum atomic E-state index is 13.9. The number of ketones is 1. The van der Waals surface area contributed by atoms with Crippen molar-refractivity contribution in [2.45, 2.75) is 45.5 Å². The molecule has 0 aliphatic rings. The molecule has 33 heavy (non-hydrogen) atoms. The molecular formula is C24H26F3N3O3. The molecule has 2 aromatic rings. The Balaban J connectivity index is 2.35. The lowest BCUT2D eigenvalue weighted by Gasteiger charge is -2.28. The van der Waals surface area contributed by atoms with Crippen molar-refractivity contribution in [1.82, 2.24) is 10.6 Å². The molecule has 9 heteroatoms. The molecule has 0 aliphatic carbocycles. The SMILES string of the molecule is CC(=O)c1cc(-c2ccc([C@H](N[C@@H](CC(C)C)C(=O)NCC#N)C(F)(F)F)cc2)ccc1O. The van der Waals surface area contributed by atoms with Crippen molar-refractivity contribution in [3.63, 3.8) is 0 Å². The number of phenolic OH excluding ortho intramolecular Hbond substituents is 1. The Morgan fingerprint density at radius 1 is 1.09 bits per heavy atom. The van der Waals surface area contributed by atoms with E-state index < -0.39 is 24.2 Å². The van der Waals surface area contributed by atoms with Crippen molar-refractivity contribution in [1.29, 1.82) is 5.26 Å². The number of carbonyl (C=O) groups is 2. The number of amides is 1. The maximum absolute atomic E-state index is 13.9. The molecule has 2 atom stereocenters. The van der Waals surface area contributed by atoms with E-state index in [-0.39, 0.29) is 41.5 Å². The molecule has 1 amide bonds. The molecule has 6 nitrogen and oxygen atoms in total. The van der Waals surface area contributed by atoms with Crippen molar-refractivity contribution in [2.24, 2.45) is 5.92 Å². The van der Waals surface area contributed by atoms with Gasteiger partial charge in [0.15, 0.2) is 5.78 Å². The topological polar surface area (TPSA) is 102 Å². The number of nitriles is 1. The number of hydrogen-bond acceptors (Lipinski definition) is 5. The van der Waals surface area contributed by atoms with E-state index >= 15 is 0 Å². The third-order valence-corrected chi connectivity index (χ3v) is 5.01.